The first-order valence-corrected chi connectivity index (χ1v) is 10.1. The number of nitrogens with one attached hydrogen (secondary N) is 1. The summed E-state index contributed by atoms with van der Waals surface area (Å²) in [5.74, 6) is -1.25. The molecule has 0 aliphatic carbocycles. The number of carbonyl (C=O) groups is 2. The first-order valence-electron chi connectivity index (χ1n) is 8.45. The summed E-state index contributed by atoms with van der Waals surface area (Å²) in [5, 5.41) is 16.9. The molecule has 1 amide bonds. The Labute approximate surface area is 174 Å². The number of anilines is 1. The third kappa shape index (κ3) is 4.15. The number of carbonyl (C=O) groups excluding carboxylic acids is 1. The van der Waals surface area contributed by atoms with Gasteiger partial charge in [-0.05, 0) is 31.2 Å². The van der Waals surface area contributed by atoms with Crippen molar-refractivity contribution in [1.82, 2.24) is 14.8 Å². The molecule has 3 aromatic rings. The molecule has 0 saturated carbocycles. The summed E-state index contributed by atoms with van der Waals surface area (Å²) in [7, 11) is 0. The van der Waals surface area contributed by atoms with Crippen molar-refractivity contribution in [3.8, 4) is 16.3 Å². The lowest BCUT2D eigenvalue weighted by molar-refractivity contribution is -0.123. The number of thiazole rings is 1. The van der Waals surface area contributed by atoms with Crippen molar-refractivity contribution < 1.29 is 14.7 Å². The molecule has 2 heterocycles. The van der Waals surface area contributed by atoms with Gasteiger partial charge in [0.1, 0.15) is 0 Å². The molecule has 3 rings (SSSR count). The fourth-order valence-corrected chi connectivity index (χ4v) is 3.63. The van der Waals surface area contributed by atoms with Crippen LogP contribution in [0, 0.1) is 12.3 Å². The number of aromatic carboxylic acids is 1. The van der Waals surface area contributed by atoms with Gasteiger partial charge in [-0.3, -0.25) is 4.79 Å². The Morgan fingerprint density at radius 2 is 1.86 bits per heavy atom. The van der Waals surface area contributed by atoms with E-state index in [9.17, 15) is 14.7 Å². The Morgan fingerprint density at radius 3 is 2.43 bits per heavy atom. The van der Waals surface area contributed by atoms with Gasteiger partial charge in [0.05, 0.1) is 22.0 Å². The number of carboxylic acids is 1. The highest BCUT2D eigenvalue weighted by Crippen LogP contribution is 2.35. The fourth-order valence-electron chi connectivity index (χ4n) is 2.40. The summed E-state index contributed by atoms with van der Waals surface area (Å²) >= 11 is 4.68. The first-order chi connectivity index (χ1) is 13.1. The number of aryl methyl sites for hydroxylation is 1. The molecule has 2 aromatic heterocycles. The zero-order valence-electron chi connectivity index (χ0n) is 15.8. The monoisotopic (exact) mass is 462 g/mol. The smallest absolute Gasteiger partial charge is 0.356 e. The predicted octanol–water partition coefficient (Wildman–Crippen LogP) is 4.75. The molecule has 2 N–H and O–H groups in total. The Kier molecular flexibility index (Phi) is 5.40. The maximum Gasteiger partial charge on any atom is 0.356 e. The Hall–Kier alpha value is -2.52. The molecule has 7 nitrogen and oxygen atoms in total. The summed E-state index contributed by atoms with van der Waals surface area (Å²) in [6, 6.07) is 8.90. The predicted molar refractivity (Wildman–Crippen MR) is 112 cm³/mol. The van der Waals surface area contributed by atoms with E-state index < -0.39 is 11.4 Å². The number of aromatic nitrogens is 3. The van der Waals surface area contributed by atoms with Crippen molar-refractivity contribution in [2.24, 2.45) is 5.41 Å². The highest BCUT2D eigenvalue weighted by Gasteiger charge is 2.24. The lowest BCUT2D eigenvalue weighted by Crippen LogP contribution is -2.27. The maximum absolute atomic E-state index is 12.3. The molecule has 0 atom stereocenters. The minimum Gasteiger partial charge on any atom is -0.476 e. The zero-order chi connectivity index (χ0) is 20.6. The van der Waals surface area contributed by atoms with E-state index in [1.54, 1.807) is 4.68 Å². The van der Waals surface area contributed by atoms with Crippen LogP contribution in [0.5, 0.6) is 0 Å². The van der Waals surface area contributed by atoms with Crippen LogP contribution in [0.25, 0.3) is 16.3 Å². The van der Waals surface area contributed by atoms with E-state index in [2.05, 4.69) is 31.3 Å². The number of hydrogen-bond acceptors (Lipinski definition) is 5. The Balaban J connectivity index is 2.07. The quantitative estimate of drug-likeness (QED) is 0.582. The lowest BCUT2D eigenvalue weighted by atomic mass is 9.96. The van der Waals surface area contributed by atoms with Crippen LogP contribution in [0.4, 0.5) is 5.13 Å². The van der Waals surface area contributed by atoms with Crippen molar-refractivity contribution >= 4 is 44.3 Å². The largest absolute Gasteiger partial charge is 0.476 e. The van der Waals surface area contributed by atoms with E-state index in [-0.39, 0.29) is 11.6 Å². The van der Waals surface area contributed by atoms with Crippen LogP contribution >= 0.6 is 27.3 Å². The highest BCUT2D eigenvalue weighted by atomic mass is 79.9. The fraction of sp³-hybridized carbons (Fsp3) is 0.263. The van der Waals surface area contributed by atoms with Gasteiger partial charge in [-0.2, -0.15) is 5.10 Å². The molecule has 0 saturated heterocycles. The van der Waals surface area contributed by atoms with Gasteiger partial charge in [0, 0.05) is 16.0 Å². The van der Waals surface area contributed by atoms with Gasteiger partial charge in [0.25, 0.3) is 0 Å². The van der Waals surface area contributed by atoms with E-state index in [1.165, 1.54) is 17.4 Å². The van der Waals surface area contributed by atoms with E-state index in [0.717, 1.165) is 15.0 Å². The molecule has 0 bridgehead atoms. The van der Waals surface area contributed by atoms with Crippen molar-refractivity contribution in [2.75, 3.05) is 5.32 Å². The SMILES string of the molecule is Cc1nc(NC(=O)C(C)(C)C)sc1-c1cc(C(=O)O)nn1-c1ccc(Br)cc1. The van der Waals surface area contributed by atoms with Gasteiger partial charge < -0.3 is 10.4 Å². The van der Waals surface area contributed by atoms with Crippen molar-refractivity contribution in [2.45, 2.75) is 27.7 Å². The highest BCUT2D eigenvalue weighted by molar-refractivity contribution is 9.10. The van der Waals surface area contributed by atoms with Crippen LogP contribution in [0.15, 0.2) is 34.8 Å². The molecule has 9 heteroatoms. The number of nitrogens with zero attached hydrogens (tertiary/aromatic N) is 3. The topological polar surface area (TPSA) is 97.1 Å². The maximum atomic E-state index is 12.3. The number of benzene rings is 1. The van der Waals surface area contributed by atoms with Crippen LogP contribution in [0.3, 0.4) is 0 Å². The molecule has 0 aliphatic rings. The summed E-state index contributed by atoms with van der Waals surface area (Å²) in [6.07, 6.45) is 0. The number of carboxylic acid groups (broad SMARTS) is 1. The van der Waals surface area contributed by atoms with Crippen LogP contribution in [-0.2, 0) is 4.79 Å². The Morgan fingerprint density at radius 1 is 1.21 bits per heavy atom. The Bertz CT molecular complexity index is 1050. The molecule has 0 spiro atoms. The molecule has 0 radical (unpaired) electrons. The standard InChI is InChI=1S/C19H19BrN4O3S/c1-10-15(28-18(21-10)22-17(27)19(2,3)4)14-9-13(16(25)26)23-24(14)12-7-5-11(20)6-8-12/h5-9H,1-4H3,(H,25,26)(H,21,22,27). The second kappa shape index (κ2) is 7.48. The molecule has 28 heavy (non-hydrogen) atoms. The molecule has 0 aliphatic heterocycles. The van der Waals surface area contributed by atoms with Gasteiger partial charge in [0.15, 0.2) is 10.8 Å². The summed E-state index contributed by atoms with van der Waals surface area (Å²) in [5.41, 5.74) is 1.40. The minimum absolute atomic E-state index is 0.0639. The van der Waals surface area contributed by atoms with Crippen molar-refractivity contribution in [3.63, 3.8) is 0 Å². The van der Waals surface area contributed by atoms with Gasteiger partial charge in [-0.25, -0.2) is 14.5 Å². The second-order valence-electron chi connectivity index (χ2n) is 7.25. The van der Waals surface area contributed by atoms with E-state index >= 15 is 0 Å². The van der Waals surface area contributed by atoms with Gasteiger partial charge in [-0.1, -0.05) is 48.0 Å². The minimum atomic E-state index is -1.11. The van der Waals surface area contributed by atoms with Crippen LogP contribution in [0.2, 0.25) is 0 Å². The molecule has 0 unspecified atom stereocenters. The number of halogens is 1. The van der Waals surface area contributed by atoms with Crippen LogP contribution < -0.4 is 5.32 Å². The van der Waals surface area contributed by atoms with Crippen molar-refractivity contribution in [3.05, 3.63) is 46.2 Å². The zero-order valence-corrected chi connectivity index (χ0v) is 18.2. The third-order valence-electron chi connectivity index (χ3n) is 3.93. The molecule has 146 valence electrons. The van der Waals surface area contributed by atoms with Gasteiger partial charge in [0.2, 0.25) is 5.91 Å². The van der Waals surface area contributed by atoms with Crippen molar-refractivity contribution in [1.29, 1.82) is 0 Å². The molecular weight excluding hydrogens is 444 g/mol. The van der Waals surface area contributed by atoms with E-state index in [0.29, 0.717) is 16.5 Å². The number of rotatable bonds is 4. The van der Waals surface area contributed by atoms with Gasteiger partial charge >= 0.3 is 5.97 Å². The number of hydrogen-bond donors (Lipinski definition) is 2. The normalized spacial score (nSPS) is 11.5. The molecule has 0 fully saturated rings. The average Bonchev–Trinajstić information content (AvgIpc) is 3.18. The van der Waals surface area contributed by atoms with Crippen LogP contribution in [0.1, 0.15) is 37.0 Å². The van der Waals surface area contributed by atoms with E-state index in [4.69, 9.17) is 0 Å². The lowest BCUT2D eigenvalue weighted by Gasteiger charge is -2.15. The summed E-state index contributed by atoms with van der Waals surface area (Å²) < 4.78 is 2.48. The first kappa shape index (κ1) is 20.2. The molecule has 1 aromatic carbocycles. The van der Waals surface area contributed by atoms with Gasteiger partial charge in [-0.15, -0.1) is 0 Å². The average molecular weight is 463 g/mol. The van der Waals surface area contributed by atoms with E-state index in [1.807, 2.05) is 52.0 Å². The molecular formula is C19H19BrN4O3S. The van der Waals surface area contributed by atoms with Crippen LogP contribution in [-0.4, -0.2) is 31.7 Å². The summed E-state index contributed by atoms with van der Waals surface area (Å²) in [4.78, 5) is 28.9. The summed E-state index contributed by atoms with van der Waals surface area (Å²) in [6.45, 7) is 7.29. The third-order valence-corrected chi connectivity index (χ3v) is 5.55. The second-order valence-corrected chi connectivity index (χ2v) is 9.16. The number of amides is 1.